The molecule has 5 nitrogen and oxygen atoms in total. The fraction of sp³-hybridized carbons (Fsp3) is 0.692. The minimum absolute atomic E-state index is 0.289. The van der Waals surface area contributed by atoms with Crippen LogP contribution in [0.1, 0.15) is 31.4 Å². The third-order valence-electron chi connectivity index (χ3n) is 4.34. The van der Waals surface area contributed by atoms with E-state index in [1.165, 1.54) is 25.7 Å². The zero-order chi connectivity index (χ0) is 13.5. The Morgan fingerprint density at radius 2 is 2.16 bits per heavy atom. The number of sulfonamides is 1. The standard InChI is InChI=1S/C13H21N3O2S/c1-14-7-11-6-12(8-15-11)19(17,18)16-9-13(4-5-13)10-2-3-10/h6,8,10,14-16H,2-5,7,9H2,1H3. The third-order valence-corrected chi connectivity index (χ3v) is 5.72. The molecule has 0 unspecified atom stereocenters. The van der Waals surface area contributed by atoms with Crippen LogP contribution in [0.3, 0.4) is 0 Å². The van der Waals surface area contributed by atoms with Crippen LogP contribution in [0.2, 0.25) is 0 Å². The molecule has 0 bridgehead atoms. The molecular formula is C13H21N3O2S. The second-order valence-corrected chi connectivity index (χ2v) is 7.62. The molecule has 1 heterocycles. The van der Waals surface area contributed by atoms with Crippen molar-refractivity contribution in [2.45, 2.75) is 37.1 Å². The number of H-pyrrole nitrogens is 1. The maximum atomic E-state index is 12.2. The zero-order valence-electron chi connectivity index (χ0n) is 11.2. The van der Waals surface area contributed by atoms with E-state index in [2.05, 4.69) is 15.0 Å². The van der Waals surface area contributed by atoms with Gasteiger partial charge in [0.1, 0.15) is 0 Å². The van der Waals surface area contributed by atoms with Crippen molar-refractivity contribution in [3.8, 4) is 0 Å². The molecule has 0 radical (unpaired) electrons. The zero-order valence-corrected chi connectivity index (χ0v) is 12.0. The van der Waals surface area contributed by atoms with Gasteiger partial charge in [-0.2, -0.15) is 0 Å². The van der Waals surface area contributed by atoms with E-state index < -0.39 is 10.0 Å². The first-order chi connectivity index (χ1) is 9.06. The number of aromatic nitrogens is 1. The van der Waals surface area contributed by atoms with E-state index >= 15 is 0 Å². The van der Waals surface area contributed by atoms with Crippen LogP contribution in [-0.2, 0) is 16.6 Å². The molecule has 6 heteroatoms. The second kappa shape index (κ2) is 4.61. The molecule has 2 saturated carbocycles. The van der Waals surface area contributed by atoms with Crippen LogP contribution in [0.5, 0.6) is 0 Å². The molecule has 0 aromatic carbocycles. The van der Waals surface area contributed by atoms with Crippen LogP contribution < -0.4 is 10.0 Å². The maximum Gasteiger partial charge on any atom is 0.242 e. The van der Waals surface area contributed by atoms with Crippen molar-refractivity contribution in [3.05, 3.63) is 18.0 Å². The molecule has 0 aliphatic heterocycles. The predicted octanol–water partition coefficient (Wildman–Crippen LogP) is 1.20. The Kier molecular flexibility index (Phi) is 3.19. The van der Waals surface area contributed by atoms with E-state index in [0.29, 0.717) is 18.0 Å². The molecule has 3 rings (SSSR count). The topological polar surface area (TPSA) is 74.0 Å². The molecule has 0 spiro atoms. The number of rotatable bonds is 7. The van der Waals surface area contributed by atoms with Gasteiger partial charge in [0.25, 0.3) is 0 Å². The Morgan fingerprint density at radius 1 is 1.42 bits per heavy atom. The summed E-state index contributed by atoms with van der Waals surface area (Å²) in [7, 11) is -1.53. The molecule has 1 aromatic rings. The lowest BCUT2D eigenvalue weighted by Crippen LogP contribution is -2.31. The normalized spacial score (nSPS) is 21.5. The van der Waals surface area contributed by atoms with Gasteiger partial charge < -0.3 is 10.3 Å². The molecule has 2 aliphatic carbocycles. The van der Waals surface area contributed by atoms with Crippen LogP contribution >= 0.6 is 0 Å². The lowest BCUT2D eigenvalue weighted by Gasteiger charge is -2.14. The fourth-order valence-corrected chi connectivity index (χ4v) is 3.93. The van der Waals surface area contributed by atoms with Gasteiger partial charge in [-0.3, -0.25) is 0 Å². The van der Waals surface area contributed by atoms with E-state index in [0.717, 1.165) is 11.6 Å². The molecule has 0 amide bonds. The Hall–Kier alpha value is -0.850. The summed E-state index contributed by atoms with van der Waals surface area (Å²) in [6, 6.07) is 1.69. The Bertz CT molecular complexity index is 556. The Labute approximate surface area is 114 Å². The first kappa shape index (κ1) is 13.1. The smallest absolute Gasteiger partial charge is 0.242 e. The number of hydrogen-bond acceptors (Lipinski definition) is 3. The summed E-state index contributed by atoms with van der Waals surface area (Å²) in [5, 5.41) is 2.99. The SMILES string of the molecule is CNCc1cc(S(=O)(=O)NCC2(C3CC3)CC2)c[nH]1. The van der Waals surface area contributed by atoms with Crippen LogP contribution in [0.4, 0.5) is 0 Å². The highest BCUT2D eigenvalue weighted by Crippen LogP contribution is 2.60. The molecule has 2 fully saturated rings. The minimum Gasteiger partial charge on any atom is -0.363 e. The van der Waals surface area contributed by atoms with Gasteiger partial charge in [0.05, 0.1) is 4.90 Å². The number of nitrogens with one attached hydrogen (secondary N) is 3. The highest BCUT2D eigenvalue weighted by atomic mass is 32.2. The van der Waals surface area contributed by atoms with E-state index in [9.17, 15) is 8.42 Å². The highest BCUT2D eigenvalue weighted by Gasteiger charge is 2.53. The molecular weight excluding hydrogens is 262 g/mol. The van der Waals surface area contributed by atoms with Crippen LogP contribution in [-0.4, -0.2) is 27.0 Å². The summed E-state index contributed by atoms with van der Waals surface area (Å²) in [5.41, 5.74) is 1.17. The van der Waals surface area contributed by atoms with Crippen molar-refractivity contribution in [3.63, 3.8) is 0 Å². The monoisotopic (exact) mass is 283 g/mol. The number of aromatic amines is 1. The maximum absolute atomic E-state index is 12.2. The third kappa shape index (κ3) is 2.70. The van der Waals surface area contributed by atoms with Crippen LogP contribution in [0.25, 0.3) is 0 Å². The average molecular weight is 283 g/mol. The summed E-state index contributed by atoms with van der Waals surface area (Å²) < 4.78 is 27.2. The van der Waals surface area contributed by atoms with E-state index in [-0.39, 0.29) is 5.41 Å². The summed E-state index contributed by atoms with van der Waals surface area (Å²) in [4.78, 5) is 3.32. The molecule has 1 aromatic heterocycles. The molecule has 3 N–H and O–H groups in total. The Balaban J connectivity index is 1.64. The number of hydrogen-bond donors (Lipinski definition) is 3. The van der Waals surface area contributed by atoms with Gasteiger partial charge in [0.15, 0.2) is 0 Å². The van der Waals surface area contributed by atoms with Crippen LogP contribution in [0, 0.1) is 11.3 Å². The van der Waals surface area contributed by atoms with E-state index in [4.69, 9.17) is 0 Å². The van der Waals surface area contributed by atoms with Crippen molar-refractivity contribution in [2.24, 2.45) is 11.3 Å². The summed E-state index contributed by atoms with van der Waals surface area (Å²) in [6.45, 7) is 1.24. The quantitative estimate of drug-likeness (QED) is 0.704. The fourth-order valence-electron chi connectivity index (χ4n) is 2.77. The minimum atomic E-state index is -3.37. The van der Waals surface area contributed by atoms with Gasteiger partial charge >= 0.3 is 0 Å². The molecule has 19 heavy (non-hydrogen) atoms. The first-order valence-corrected chi connectivity index (χ1v) is 8.36. The predicted molar refractivity (Wildman–Crippen MR) is 73.1 cm³/mol. The lowest BCUT2D eigenvalue weighted by atomic mass is 10.0. The summed E-state index contributed by atoms with van der Waals surface area (Å²) >= 11 is 0. The van der Waals surface area contributed by atoms with Crippen molar-refractivity contribution in [1.82, 2.24) is 15.0 Å². The van der Waals surface area contributed by atoms with E-state index in [1.807, 2.05) is 7.05 Å². The van der Waals surface area contributed by atoms with Crippen molar-refractivity contribution >= 4 is 10.0 Å². The van der Waals surface area contributed by atoms with Crippen molar-refractivity contribution in [2.75, 3.05) is 13.6 Å². The van der Waals surface area contributed by atoms with Gasteiger partial charge in [0.2, 0.25) is 10.0 Å². The van der Waals surface area contributed by atoms with Gasteiger partial charge in [-0.05, 0) is 50.1 Å². The molecule has 106 valence electrons. The van der Waals surface area contributed by atoms with E-state index in [1.54, 1.807) is 12.3 Å². The largest absolute Gasteiger partial charge is 0.363 e. The van der Waals surface area contributed by atoms with Crippen molar-refractivity contribution in [1.29, 1.82) is 0 Å². The van der Waals surface area contributed by atoms with Gasteiger partial charge in [-0.25, -0.2) is 13.1 Å². The van der Waals surface area contributed by atoms with Crippen molar-refractivity contribution < 1.29 is 8.42 Å². The van der Waals surface area contributed by atoms with Gasteiger partial charge in [-0.1, -0.05) is 0 Å². The molecule has 0 saturated heterocycles. The van der Waals surface area contributed by atoms with Crippen LogP contribution in [0.15, 0.2) is 17.2 Å². The van der Waals surface area contributed by atoms with Gasteiger partial charge in [0, 0.05) is 25.0 Å². The highest BCUT2D eigenvalue weighted by molar-refractivity contribution is 7.89. The lowest BCUT2D eigenvalue weighted by molar-refractivity contribution is 0.432. The first-order valence-electron chi connectivity index (χ1n) is 6.87. The molecule has 0 atom stereocenters. The summed E-state index contributed by atoms with van der Waals surface area (Å²) in [5.74, 6) is 0.765. The van der Waals surface area contributed by atoms with Gasteiger partial charge in [-0.15, -0.1) is 0 Å². The Morgan fingerprint density at radius 3 is 2.74 bits per heavy atom. The molecule has 2 aliphatic rings. The second-order valence-electron chi connectivity index (χ2n) is 5.85. The average Bonchev–Trinajstić information content (AvgIpc) is 3.26. The summed E-state index contributed by atoms with van der Waals surface area (Å²) in [6.07, 6.45) is 6.47.